The van der Waals surface area contributed by atoms with Gasteiger partial charge in [0.25, 0.3) is 5.91 Å². The number of alkyl halides is 3. The van der Waals surface area contributed by atoms with Gasteiger partial charge < -0.3 is 4.90 Å². The molecule has 2 aromatic rings. The normalized spacial score (nSPS) is 17.3. The van der Waals surface area contributed by atoms with Gasteiger partial charge in [0, 0.05) is 6.54 Å². The summed E-state index contributed by atoms with van der Waals surface area (Å²) in [7, 11) is 0. The van der Waals surface area contributed by atoms with Crippen LogP contribution < -0.4 is 4.90 Å². The Bertz CT molecular complexity index is 1040. The van der Waals surface area contributed by atoms with E-state index in [1.165, 1.54) is 29.2 Å². The first-order valence-corrected chi connectivity index (χ1v) is 9.49. The summed E-state index contributed by atoms with van der Waals surface area (Å²) < 4.78 is 52.8. The van der Waals surface area contributed by atoms with Gasteiger partial charge in [0.1, 0.15) is 18.4 Å². The van der Waals surface area contributed by atoms with Gasteiger partial charge in [-0.25, -0.2) is 4.39 Å². The molecule has 0 aromatic heterocycles. The highest BCUT2D eigenvalue weighted by Crippen LogP contribution is 2.31. The second kappa shape index (κ2) is 8.38. The lowest BCUT2D eigenvalue weighted by Crippen LogP contribution is -2.61. The number of anilines is 1. The van der Waals surface area contributed by atoms with Crippen molar-refractivity contribution in [1.29, 1.82) is 5.26 Å². The first-order valence-electron chi connectivity index (χ1n) is 9.49. The summed E-state index contributed by atoms with van der Waals surface area (Å²) >= 11 is 0. The molecule has 1 fully saturated rings. The lowest BCUT2D eigenvalue weighted by atomic mass is 9.96. The van der Waals surface area contributed by atoms with Crippen molar-refractivity contribution in [2.24, 2.45) is 5.92 Å². The molecule has 5 nitrogen and oxygen atoms in total. The monoisotopic (exact) mass is 433 g/mol. The summed E-state index contributed by atoms with van der Waals surface area (Å²) in [5, 5.41) is 8.89. The maximum atomic E-state index is 14.5. The zero-order valence-corrected chi connectivity index (χ0v) is 16.8. The minimum absolute atomic E-state index is 0.0464. The maximum absolute atomic E-state index is 14.5. The molecular formula is C22H19F4N3O2. The minimum atomic E-state index is -4.47. The molecule has 2 amide bonds. The van der Waals surface area contributed by atoms with Gasteiger partial charge in [-0.05, 0) is 41.8 Å². The number of amides is 2. The van der Waals surface area contributed by atoms with E-state index in [9.17, 15) is 27.2 Å². The number of nitriles is 1. The smallest absolute Gasteiger partial charge is 0.325 e. The van der Waals surface area contributed by atoms with Gasteiger partial charge in [0.15, 0.2) is 0 Å². The lowest BCUT2D eigenvalue weighted by molar-refractivity contribution is -0.145. The summed E-state index contributed by atoms with van der Waals surface area (Å²) in [4.78, 5) is 28.4. The largest absolute Gasteiger partial charge is 0.416 e. The van der Waals surface area contributed by atoms with Crippen molar-refractivity contribution in [1.82, 2.24) is 4.90 Å². The molecule has 3 rings (SSSR count). The van der Waals surface area contributed by atoms with E-state index in [1.807, 2.05) is 0 Å². The number of nitrogens with zero attached hydrogens (tertiary/aromatic N) is 3. The van der Waals surface area contributed by atoms with Crippen LogP contribution in [0.15, 0.2) is 42.5 Å². The van der Waals surface area contributed by atoms with Crippen LogP contribution in [0.1, 0.15) is 30.5 Å². The topological polar surface area (TPSA) is 64.4 Å². The van der Waals surface area contributed by atoms with Crippen molar-refractivity contribution in [3.05, 3.63) is 65.0 Å². The fourth-order valence-corrected chi connectivity index (χ4v) is 3.58. The Morgan fingerprint density at radius 3 is 2.29 bits per heavy atom. The molecule has 2 aromatic carbocycles. The Balaban J connectivity index is 1.88. The van der Waals surface area contributed by atoms with Gasteiger partial charge in [-0.1, -0.05) is 26.0 Å². The first-order chi connectivity index (χ1) is 14.5. The van der Waals surface area contributed by atoms with E-state index in [-0.39, 0.29) is 23.7 Å². The fraction of sp³-hybridized carbons (Fsp3) is 0.318. The summed E-state index contributed by atoms with van der Waals surface area (Å²) in [6.07, 6.45) is -4.47. The summed E-state index contributed by atoms with van der Waals surface area (Å²) in [6.45, 7) is 3.00. The predicted molar refractivity (Wildman–Crippen MR) is 104 cm³/mol. The third-order valence-electron chi connectivity index (χ3n) is 5.10. The molecule has 1 aliphatic heterocycles. The third-order valence-corrected chi connectivity index (χ3v) is 5.10. The van der Waals surface area contributed by atoms with Crippen molar-refractivity contribution >= 4 is 17.5 Å². The van der Waals surface area contributed by atoms with Gasteiger partial charge in [-0.3, -0.25) is 14.5 Å². The number of benzene rings is 2. The van der Waals surface area contributed by atoms with Crippen LogP contribution in [0.25, 0.3) is 0 Å². The molecule has 0 spiro atoms. The number of piperazine rings is 1. The number of rotatable bonds is 4. The molecule has 1 saturated heterocycles. The molecule has 1 atom stereocenters. The van der Waals surface area contributed by atoms with Gasteiger partial charge >= 0.3 is 6.18 Å². The predicted octanol–water partition coefficient (Wildman–Crippen LogP) is 4.12. The number of carbonyl (C=O) groups is 2. The number of hydrogen-bond donors (Lipinski definition) is 0. The zero-order chi connectivity index (χ0) is 22.9. The van der Waals surface area contributed by atoms with Crippen LogP contribution in [-0.2, 0) is 22.3 Å². The van der Waals surface area contributed by atoms with Crippen molar-refractivity contribution in [2.45, 2.75) is 32.6 Å². The van der Waals surface area contributed by atoms with E-state index in [0.29, 0.717) is 5.56 Å². The van der Waals surface area contributed by atoms with E-state index in [0.717, 1.165) is 23.1 Å². The van der Waals surface area contributed by atoms with Gasteiger partial charge in [0.05, 0.1) is 22.9 Å². The van der Waals surface area contributed by atoms with Crippen molar-refractivity contribution < 1.29 is 27.2 Å². The molecule has 0 radical (unpaired) electrons. The van der Waals surface area contributed by atoms with Gasteiger partial charge in [0.2, 0.25) is 5.91 Å². The summed E-state index contributed by atoms with van der Waals surface area (Å²) in [6, 6.07) is 8.90. The van der Waals surface area contributed by atoms with E-state index >= 15 is 0 Å². The lowest BCUT2D eigenvalue weighted by Gasteiger charge is -2.42. The molecule has 162 valence electrons. The second-order valence-electron chi connectivity index (χ2n) is 7.61. The highest BCUT2D eigenvalue weighted by molar-refractivity contribution is 6.06. The Morgan fingerprint density at radius 1 is 1.13 bits per heavy atom. The molecule has 0 unspecified atom stereocenters. The zero-order valence-electron chi connectivity index (χ0n) is 16.8. The van der Waals surface area contributed by atoms with Gasteiger partial charge in [-0.2, -0.15) is 18.4 Å². The quantitative estimate of drug-likeness (QED) is 0.682. The molecule has 31 heavy (non-hydrogen) atoms. The van der Waals surface area contributed by atoms with Crippen molar-refractivity contribution in [2.75, 3.05) is 11.4 Å². The average Bonchev–Trinajstić information content (AvgIpc) is 2.70. The first kappa shape index (κ1) is 22.3. The number of hydrogen-bond acceptors (Lipinski definition) is 3. The second-order valence-corrected chi connectivity index (χ2v) is 7.61. The Labute approximate surface area is 176 Å². The highest BCUT2D eigenvalue weighted by Gasteiger charge is 2.42. The van der Waals surface area contributed by atoms with Crippen LogP contribution in [0.3, 0.4) is 0 Å². The average molecular weight is 433 g/mol. The Hall–Kier alpha value is -3.41. The van der Waals surface area contributed by atoms with E-state index in [4.69, 9.17) is 5.26 Å². The molecule has 0 N–H and O–H groups in total. The molecule has 0 bridgehead atoms. The molecule has 0 aliphatic carbocycles. The SMILES string of the molecule is CC(C)[C@H]1C(=O)N(c2ccc(C#N)cc2F)CC(=O)N1Cc1ccc(C(F)(F)F)cc1. The molecule has 1 heterocycles. The Morgan fingerprint density at radius 2 is 1.77 bits per heavy atom. The van der Waals surface area contributed by atoms with E-state index < -0.39 is 42.0 Å². The van der Waals surface area contributed by atoms with Crippen LogP contribution in [-0.4, -0.2) is 29.3 Å². The number of halogens is 4. The van der Waals surface area contributed by atoms with Crippen LogP contribution in [0, 0.1) is 23.1 Å². The van der Waals surface area contributed by atoms with Crippen LogP contribution in [0.4, 0.5) is 23.2 Å². The van der Waals surface area contributed by atoms with E-state index in [2.05, 4.69) is 0 Å². The molecular weight excluding hydrogens is 414 g/mol. The summed E-state index contributed by atoms with van der Waals surface area (Å²) in [5.41, 5.74) is -0.378. The fourth-order valence-electron chi connectivity index (χ4n) is 3.58. The molecule has 1 aliphatic rings. The minimum Gasteiger partial charge on any atom is -0.325 e. The van der Waals surface area contributed by atoms with Crippen LogP contribution in [0.5, 0.6) is 0 Å². The van der Waals surface area contributed by atoms with Gasteiger partial charge in [-0.15, -0.1) is 0 Å². The Kier molecular flexibility index (Phi) is 6.02. The highest BCUT2D eigenvalue weighted by atomic mass is 19.4. The molecule has 9 heteroatoms. The molecule has 0 saturated carbocycles. The standard InChI is InChI=1S/C22H19F4N3O2/c1-13(2)20-21(31)28(18-8-5-15(10-27)9-17(18)23)12-19(30)29(20)11-14-3-6-16(7-4-14)22(24,25)26/h3-9,13,20H,11-12H2,1-2H3/t20-/m0/s1. The van der Waals surface area contributed by atoms with Crippen LogP contribution in [0.2, 0.25) is 0 Å². The summed E-state index contributed by atoms with van der Waals surface area (Å²) in [5.74, 6) is -2.07. The van der Waals surface area contributed by atoms with E-state index in [1.54, 1.807) is 19.9 Å². The van der Waals surface area contributed by atoms with Crippen LogP contribution >= 0.6 is 0 Å². The van der Waals surface area contributed by atoms with Crippen molar-refractivity contribution in [3.8, 4) is 6.07 Å². The maximum Gasteiger partial charge on any atom is 0.416 e. The van der Waals surface area contributed by atoms with Crippen molar-refractivity contribution in [3.63, 3.8) is 0 Å². The number of carbonyl (C=O) groups excluding carboxylic acids is 2. The third kappa shape index (κ3) is 4.53.